The van der Waals surface area contributed by atoms with E-state index in [-0.39, 0.29) is 5.91 Å². The normalized spacial score (nSPS) is 9.94. The molecule has 1 amide bonds. The van der Waals surface area contributed by atoms with Crippen LogP contribution in [0.1, 0.15) is 10.4 Å². The van der Waals surface area contributed by atoms with Crippen LogP contribution in [0, 0.1) is 0 Å². The van der Waals surface area contributed by atoms with E-state index in [4.69, 9.17) is 5.73 Å². The average molecular weight is 228 g/mol. The van der Waals surface area contributed by atoms with Crippen LogP contribution in [0.4, 0.5) is 11.5 Å². The first-order valence-corrected chi connectivity index (χ1v) is 5.08. The fourth-order valence-corrected chi connectivity index (χ4v) is 1.41. The fraction of sp³-hybridized carbons (Fsp3) is 0.0833. The number of aromatic nitrogens is 2. The predicted octanol–water partition coefficient (Wildman–Crippen LogP) is 1.34. The van der Waals surface area contributed by atoms with Crippen molar-refractivity contribution in [3.05, 3.63) is 48.4 Å². The van der Waals surface area contributed by atoms with E-state index < -0.39 is 0 Å². The summed E-state index contributed by atoms with van der Waals surface area (Å²) in [5.41, 5.74) is 6.75. The number of carbonyl (C=O) groups is 1. The molecule has 0 aliphatic carbocycles. The van der Waals surface area contributed by atoms with Gasteiger partial charge in [-0.25, -0.2) is 4.98 Å². The maximum atomic E-state index is 12.1. The Morgan fingerprint density at radius 1 is 1.24 bits per heavy atom. The van der Waals surface area contributed by atoms with Crippen LogP contribution >= 0.6 is 0 Å². The summed E-state index contributed by atoms with van der Waals surface area (Å²) in [4.78, 5) is 21.4. The van der Waals surface area contributed by atoms with Gasteiger partial charge in [0.2, 0.25) is 0 Å². The molecule has 17 heavy (non-hydrogen) atoms. The molecule has 0 atom stereocenters. The van der Waals surface area contributed by atoms with E-state index in [0.717, 1.165) is 5.69 Å². The maximum absolute atomic E-state index is 12.1. The lowest BCUT2D eigenvalue weighted by Gasteiger charge is -2.16. The summed E-state index contributed by atoms with van der Waals surface area (Å²) in [7, 11) is 1.70. The summed E-state index contributed by atoms with van der Waals surface area (Å²) in [5, 5.41) is 0. The minimum absolute atomic E-state index is 0.135. The highest BCUT2D eigenvalue weighted by Gasteiger charge is 2.13. The number of nitrogens with zero attached hydrogens (tertiary/aromatic N) is 3. The third-order valence-corrected chi connectivity index (χ3v) is 2.39. The molecule has 2 aromatic rings. The number of hydrogen-bond acceptors (Lipinski definition) is 4. The Labute approximate surface area is 98.9 Å². The number of nitrogens with two attached hydrogens (primary N) is 1. The van der Waals surface area contributed by atoms with Crippen LogP contribution in [-0.4, -0.2) is 22.9 Å². The molecule has 0 aliphatic rings. The lowest BCUT2D eigenvalue weighted by atomic mass is 10.2. The van der Waals surface area contributed by atoms with Crippen molar-refractivity contribution >= 4 is 17.4 Å². The molecule has 0 aliphatic heterocycles. The molecule has 5 heteroatoms. The molecule has 0 saturated heterocycles. The molecule has 86 valence electrons. The van der Waals surface area contributed by atoms with Crippen molar-refractivity contribution in [3.63, 3.8) is 0 Å². The number of nitrogen functional groups attached to an aromatic ring is 1. The number of rotatable bonds is 2. The van der Waals surface area contributed by atoms with Gasteiger partial charge in [-0.1, -0.05) is 0 Å². The second kappa shape index (κ2) is 4.61. The molecule has 0 aromatic carbocycles. The molecule has 0 fully saturated rings. The van der Waals surface area contributed by atoms with E-state index in [2.05, 4.69) is 9.97 Å². The third-order valence-electron chi connectivity index (χ3n) is 2.39. The predicted molar refractivity (Wildman–Crippen MR) is 65.6 cm³/mol. The van der Waals surface area contributed by atoms with Crippen molar-refractivity contribution in [2.45, 2.75) is 0 Å². The van der Waals surface area contributed by atoms with E-state index in [9.17, 15) is 4.79 Å². The topological polar surface area (TPSA) is 72.1 Å². The smallest absolute Gasteiger partial charge is 0.259 e. The largest absolute Gasteiger partial charge is 0.384 e. The number of anilines is 2. The average Bonchev–Trinajstić information content (AvgIpc) is 2.39. The molecule has 0 bridgehead atoms. The van der Waals surface area contributed by atoms with Crippen LogP contribution in [0.15, 0.2) is 42.9 Å². The second-order valence-electron chi connectivity index (χ2n) is 3.54. The van der Waals surface area contributed by atoms with Crippen LogP contribution in [0.5, 0.6) is 0 Å². The van der Waals surface area contributed by atoms with Gasteiger partial charge in [-0.15, -0.1) is 0 Å². The maximum Gasteiger partial charge on any atom is 0.259 e. The van der Waals surface area contributed by atoms with Gasteiger partial charge in [0, 0.05) is 31.3 Å². The molecule has 2 heterocycles. The molecular formula is C12H12N4O. The third kappa shape index (κ3) is 2.39. The Hall–Kier alpha value is -2.43. The first-order chi connectivity index (χ1) is 8.18. The van der Waals surface area contributed by atoms with E-state index in [1.54, 1.807) is 43.7 Å². The van der Waals surface area contributed by atoms with Crippen LogP contribution in [-0.2, 0) is 0 Å². The molecule has 2 aromatic heterocycles. The number of amides is 1. The van der Waals surface area contributed by atoms with Crippen molar-refractivity contribution < 1.29 is 4.79 Å². The van der Waals surface area contributed by atoms with Gasteiger partial charge in [0.25, 0.3) is 5.91 Å². The van der Waals surface area contributed by atoms with Crippen molar-refractivity contribution in [2.24, 2.45) is 0 Å². The van der Waals surface area contributed by atoms with Crippen LogP contribution in [0.2, 0.25) is 0 Å². The summed E-state index contributed by atoms with van der Waals surface area (Å²) < 4.78 is 0. The molecule has 0 radical (unpaired) electrons. The van der Waals surface area contributed by atoms with E-state index in [0.29, 0.717) is 11.4 Å². The standard InChI is InChI=1S/C12H12N4O/c1-16(10-4-6-14-7-5-10)12(17)9-2-3-11(13)15-8-9/h2-8H,1H3,(H2,13,15). The summed E-state index contributed by atoms with van der Waals surface area (Å²) in [6, 6.07) is 6.79. The number of hydrogen-bond donors (Lipinski definition) is 1. The second-order valence-corrected chi connectivity index (χ2v) is 3.54. The summed E-state index contributed by atoms with van der Waals surface area (Å²) >= 11 is 0. The first kappa shape index (κ1) is 11.1. The molecule has 0 unspecified atom stereocenters. The van der Waals surface area contributed by atoms with Gasteiger partial charge in [-0.2, -0.15) is 0 Å². The fourth-order valence-electron chi connectivity index (χ4n) is 1.41. The van der Waals surface area contributed by atoms with Gasteiger partial charge in [0.05, 0.1) is 5.56 Å². The quantitative estimate of drug-likeness (QED) is 0.841. The minimum atomic E-state index is -0.135. The zero-order valence-corrected chi connectivity index (χ0v) is 9.37. The SMILES string of the molecule is CN(C(=O)c1ccc(N)nc1)c1ccncc1. The highest BCUT2D eigenvalue weighted by Crippen LogP contribution is 2.13. The Morgan fingerprint density at radius 3 is 2.53 bits per heavy atom. The van der Waals surface area contributed by atoms with Crippen molar-refractivity contribution in [3.8, 4) is 0 Å². The lowest BCUT2D eigenvalue weighted by molar-refractivity contribution is 0.0992. The molecule has 2 N–H and O–H groups in total. The Balaban J connectivity index is 2.23. The summed E-state index contributed by atoms with van der Waals surface area (Å²) in [6.07, 6.45) is 4.75. The van der Waals surface area contributed by atoms with Crippen LogP contribution < -0.4 is 10.6 Å². The summed E-state index contributed by atoms with van der Waals surface area (Å²) in [5.74, 6) is 0.261. The van der Waals surface area contributed by atoms with E-state index in [1.165, 1.54) is 11.1 Å². The summed E-state index contributed by atoms with van der Waals surface area (Å²) in [6.45, 7) is 0. The number of pyridine rings is 2. The van der Waals surface area contributed by atoms with E-state index >= 15 is 0 Å². The highest BCUT2D eigenvalue weighted by molar-refractivity contribution is 6.05. The first-order valence-electron chi connectivity index (χ1n) is 5.08. The van der Waals surface area contributed by atoms with E-state index in [1.807, 2.05) is 0 Å². The monoisotopic (exact) mass is 228 g/mol. The van der Waals surface area contributed by atoms with Gasteiger partial charge in [-0.3, -0.25) is 9.78 Å². The number of carbonyl (C=O) groups excluding carboxylic acids is 1. The zero-order chi connectivity index (χ0) is 12.3. The van der Waals surface area contributed by atoms with Gasteiger partial charge in [0.1, 0.15) is 5.82 Å². The minimum Gasteiger partial charge on any atom is -0.384 e. The van der Waals surface area contributed by atoms with Crippen LogP contribution in [0.25, 0.3) is 0 Å². The lowest BCUT2D eigenvalue weighted by Crippen LogP contribution is -2.26. The highest BCUT2D eigenvalue weighted by atomic mass is 16.2. The molecule has 2 rings (SSSR count). The van der Waals surface area contributed by atoms with Gasteiger partial charge >= 0.3 is 0 Å². The van der Waals surface area contributed by atoms with Crippen LogP contribution in [0.3, 0.4) is 0 Å². The Bertz CT molecular complexity index is 510. The molecular weight excluding hydrogens is 216 g/mol. The molecule has 0 saturated carbocycles. The van der Waals surface area contributed by atoms with Crippen molar-refractivity contribution in [1.82, 2.24) is 9.97 Å². The van der Waals surface area contributed by atoms with Crippen molar-refractivity contribution in [1.29, 1.82) is 0 Å². The molecule has 0 spiro atoms. The molecule has 5 nitrogen and oxygen atoms in total. The Morgan fingerprint density at radius 2 is 1.94 bits per heavy atom. The van der Waals surface area contributed by atoms with Gasteiger partial charge in [0.15, 0.2) is 0 Å². The van der Waals surface area contributed by atoms with Gasteiger partial charge in [-0.05, 0) is 24.3 Å². The van der Waals surface area contributed by atoms with Gasteiger partial charge < -0.3 is 10.6 Å². The van der Waals surface area contributed by atoms with Crippen molar-refractivity contribution in [2.75, 3.05) is 17.7 Å². The Kier molecular flexibility index (Phi) is 3.00. The zero-order valence-electron chi connectivity index (χ0n) is 9.37.